The van der Waals surface area contributed by atoms with Crippen molar-refractivity contribution in [2.24, 2.45) is 0 Å². The molecule has 140 valence electrons. The number of hydrogen-bond acceptors (Lipinski definition) is 2. The zero-order chi connectivity index (χ0) is 19.7. The average Bonchev–Trinajstić information content (AvgIpc) is 3.14. The molecule has 0 atom stereocenters. The van der Waals surface area contributed by atoms with Gasteiger partial charge in [-0.15, -0.1) is 0 Å². The van der Waals surface area contributed by atoms with Crippen LogP contribution in [0.4, 0.5) is 13.2 Å². The van der Waals surface area contributed by atoms with E-state index in [9.17, 15) is 13.2 Å². The SMILES string of the molecule is FC(F)(F)c1cccc(-c2nc(-c3ccc(Cl)cc3)[nH]c2-c2ccncc2)c1. The number of alkyl halides is 3. The van der Waals surface area contributed by atoms with E-state index in [4.69, 9.17) is 11.6 Å². The van der Waals surface area contributed by atoms with Gasteiger partial charge in [0.25, 0.3) is 0 Å². The van der Waals surface area contributed by atoms with Crippen molar-refractivity contribution in [2.75, 3.05) is 0 Å². The van der Waals surface area contributed by atoms with Crippen molar-refractivity contribution < 1.29 is 13.2 Å². The third-order valence-electron chi connectivity index (χ3n) is 4.25. The van der Waals surface area contributed by atoms with Gasteiger partial charge in [0, 0.05) is 34.1 Å². The van der Waals surface area contributed by atoms with Crippen molar-refractivity contribution in [3.05, 3.63) is 83.6 Å². The topological polar surface area (TPSA) is 41.6 Å². The molecule has 3 nitrogen and oxygen atoms in total. The molecule has 0 saturated carbocycles. The van der Waals surface area contributed by atoms with Gasteiger partial charge in [-0.1, -0.05) is 23.7 Å². The molecule has 1 N–H and O–H groups in total. The molecule has 0 spiro atoms. The molecule has 0 aliphatic heterocycles. The second-order valence-corrected chi connectivity index (χ2v) is 6.57. The van der Waals surface area contributed by atoms with Gasteiger partial charge in [-0.25, -0.2) is 4.98 Å². The smallest absolute Gasteiger partial charge is 0.337 e. The molecule has 2 aromatic heterocycles. The summed E-state index contributed by atoms with van der Waals surface area (Å²) < 4.78 is 39.5. The highest BCUT2D eigenvalue weighted by atomic mass is 35.5. The molecular weight excluding hydrogens is 387 g/mol. The average molecular weight is 400 g/mol. The van der Waals surface area contributed by atoms with Gasteiger partial charge < -0.3 is 4.98 Å². The van der Waals surface area contributed by atoms with Gasteiger partial charge in [0.2, 0.25) is 0 Å². The Kier molecular flexibility index (Phi) is 4.65. The minimum atomic E-state index is -4.43. The van der Waals surface area contributed by atoms with E-state index < -0.39 is 11.7 Å². The molecule has 0 amide bonds. The number of pyridine rings is 1. The van der Waals surface area contributed by atoms with Crippen LogP contribution in [0.15, 0.2) is 73.1 Å². The summed E-state index contributed by atoms with van der Waals surface area (Å²) in [6, 6.07) is 15.8. The van der Waals surface area contributed by atoms with E-state index in [0.717, 1.165) is 23.3 Å². The summed E-state index contributed by atoms with van der Waals surface area (Å²) in [5.74, 6) is 0.538. The lowest BCUT2D eigenvalue weighted by Gasteiger charge is -2.08. The Morgan fingerprint density at radius 2 is 1.54 bits per heavy atom. The number of rotatable bonds is 3. The lowest BCUT2D eigenvalue weighted by molar-refractivity contribution is -0.137. The van der Waals surface area contributed by atoms with Crippen LogP contribution in [-0.4, -0.2) is 15.0 Å². The normalized spacial score (nSPS) is 11.6. The molecular formula is C21H13ClF3N3. The highest BCUT2D eigenvalue weighted by Crippen LogP contribution is 2.36. The number of imidazole rings is 1. The zero-order valence-corrected chi connectivity index (χ0v) is 15.1. The van der Waals surface area contributed by atoms with Crippen LogP contribution in [0, 0.1) is 0 Å². The largest absolute Gasteiger partial charge is 0.416 e. The standard InChI is InChI=1S/C21H13ClF3N3/c22-17-6-4-14(5-7-17)20-27-18(13-8-10-26-11-9-13)19(28-20)15-2-1-3-16(12-15)21(23,24)25/h1-12H,(H,27,28). The summed E-state index contributed by atoms with van der Waals surface area (Å²) in [7, 11) is 0. The quantitative estimate of drug-likeness (QED) is 0.428. The van der Waals surface area contributed by atoms with Gasteiger partial charge in [-0.3, -0.25) is 4.98 Å². The van der Waals surface area contributed by atoms with E-state index >= 15 is 0 Å². The summed E-state index contributed by atoms with van der Waals surface area (Å²) >= 11 is 5.94. The van der Waals surface area contributed by atoms with Crippen molar-refractivity contribution in [3.8, 4) is 33.9 Å². The minimum Gasteiger partial charge on any atom is -0.337 e. The predicted molar refractivity (Wildman–Crippen MR) is 103 cm³/mol. The first-order chi connectivity index (χ1) is 13.4. The van der Waals surface area contributed by atoms with Crippen LogP contribution in [0.25, 0.3) is 33.9 Å². The Morgan fingerprint density at radius 3 is 2.21 bits per heavy atom. The van der Waals surface area contributed by atoms with Gasteiger partial charge in [-0.2, -0.15) is 13.2 Å². The molecule has 0 fully saturated rings. The van der Waals surface area contributed by atoms with Gasteiger partial charge in [0.05, 0.1) is 17.0 Å². The Bertz CT molecular complexity index is 1100. The lowest BCUT2D eigenvalue weighted by atomic mass is 10.0. The number of nitrogens with one attached hydrogen (secondary N) is 1. The lowest BCUT2D eigenvalue weighted by Crippen LogP contribution is -2.04. The van der Waals surface area contributed by atoms with Crippen molar-refractivity contribution >= 4 is 11.6 Å². The van der Waals surface area contributed by atoms with Crippen LogP contribution in [0.1, 0.15) is 5.56 Å². The third-order valence-corrected chi connectivity index (χ3v) is 4.51. The predicted octanol–water partition coefficient (Wildman–Crippen LogP) is 6.48. The van der Waals surface area contributed by atoms with Crippen molar-refractivity contribution in [1.82, 2.24) is 15.0 Å². The number of nitrogens with zero attached hydrogens (tertiary/aromatic N) is 2. The van der Waals surface area contributed by atoms with Gasteiger partial charge in [-0.05, 0) is 48.5 Å². The molecule has 7 heteroatoms. The molecule has 4 aromatic rings. The van der Waals surface area contributed by atoms with E-state index in [1.54, 1.807) is 54.9 Å². The van der Waals surface area contributed by atoms with Gasteiger partial charge in [0.15, 0.2) is 0 Å². The maximum absolute atomic E-state index is 13.2. The number of aromatic amines is 1. The van der Waals surface area contributed by atoms with Gasteiger partial charge in [0.1, 0.15) is 5.82 Å². The van der Waals surface area contributed by atoms with E-state index in [1.807, 2.05) is 0 Å². The van der Waals surface area contributed by atoms with Crippen LogP contribution in [0.3, 0.4) is 0 Å². The van der Waals surface area contributed by atoms with Crippen LogP contribution in [0.2, 0.25) is 5.02 Å². The zero-order valence-electron chi connectivity index (χ0n) is 14.3. The Labute approximate surface area is 163 Å². The highest BCUT2D eigenvalue weighted by molar-refractivity contribution is 6.30. The first kappa shape index (κ1) is 18.3. The summed E-state index contributed by atoms with van der Waals surface area (Å²) in [5.41, 5.74) is 2.25. The molecule has 0 bridgehead atoms. The Morgan fingerprint density at radius 1 is 0.821 bits per heavy atom. The van der Waals surface area contributed by atoms with E-state index in [0.29, 0.717) is 27.8 Å². The fourth-order valence-corrected chi connectivity index (χ4v) is 3.02. The highest BCUT2D eigenvalue weighted by Gasteiger charge is 2.31. The first-order valence-electron chi connectivity index (χ1n) is 8.36. The third kappa shape index (κ3) is 3.64. The molecule has 0 saturated heterocycles. The fourth-order valence-electron chi connectivity index (χ4n) is 2.90. The maximum Gasteiger partial charge on any atom is 0.416 e. The van der Waals surface area contributed by atoms with Crippen molar-refractivity contribution in [3.63, 3.8) is 0 Å². The minimum absolute atomic E-state index is 0.373. The number of aromatic nitrogens is 3. The molecule has 2 heterocycles. The van der Waals surface area contributed by atoms with E-state index in [1.165, 1.54) is 6.07 Å². The summed E-state index contributed by atoms with van der Waals surface area (Å²) in [6.45, 7) is 0. The number of hydrogen-bond donors (Lipinski definition) is 1. The molecule has 0 aliphatic carbocycles. The molecule has 2 aromatic carbocycles. The van der Waals surface area contributed by atoms with E-state index in [-0.39, 0.29) is 0 Å². The fraction of sp³-hybridized carbons (Fsp3) is 0.0476. The molecule has 28 heavy (non-hydrogen) atoms. The second kappa shape index (κ2) is 7.13. The van der Waals surface area contributed by atoms with Crippen LogP contribution < -0.4 is 0 Å². The molecule has 0 unspecified atom stereocenters. The number of benzene rings is 2. The maximum atomic E-state index is 13.2. The summed E-state index contributed by atoms with van der Waals surface area (Å²) in [6.07, 6.45) is -1.19. The molecule has 0 radical (unpaired) electrons. The van der Waals surface area contributed by atoms with Crippen LogP contribution in [0.5, 0.6) is 0 Å². The van der Waals surface area contributed by atoms with Crippen LogP contribution in [-0.2, 0) is 6.18 Å². The van der Waals surface area contributed by atoms with Crippen molar-refractivity contribution in [1.29, 1.82) is 0 Å². The second-order valence-electron chi connectivity index (χ2n) is 6.13. The van der Waals surface area contributed by atoms with Crippen molar-refractivity contribution in [2.45, 2.75) is 6.18 Å². The molecule has 4 rings (SSSR count). The van der Waals surface area contributed by atoms with E-state index in [2.05, 4.69) is 15.0 Å². The summed E-state index contributed by atoms with van der Waals surface area (Å²) in [5, 5.41) is 0.586. The first-order valence-corrected chi connectivity index (χ1v) is 8.73. The van der Waals surface area contributed by atoms with Gasteiger partial charge >= 0.3 is 6.18 Å². The Balaban J connectivity index is 1.89. The monoisotopic (exact) mass is 399 g/mol. The number of halogens is 4. The number of H-pyrrole nitrogens is 1. The molecule has 0 aliphatic rings. The Hall–Kier alpha value is -3.12. The summed E-state index contributed by atoms with van der Waals surface area (Å²) in [4.78, 5) is 11.8. The van der Waals surface area contributed by atoms with Crippen LogP contribution >= 0.6 is 11.6 Å².